The lowest BCUT2D eigenvalue weighted by molar-refractivity contribution is 0.0696. The summed E-state index contributed by atoms with van der Waals surface area (Å²) in [6.07, 6.45) is 1.22. The minimum Gasteiger partial charge on any atom is -0.478 e. The second kappa shape index (κ2) is 4.96. The third-order valence-electron chi connectivity index (χ3n) is 2.09. The summed E-state index contributed by atoms with van der Waals surface area (Å²) in [6, 6.07) is 4.28. The molecule has 0 radical (unpaired) electrons. The van der Waals surface area contributed by atoms with Crippen molar-refractivity contribution in [1.82, 2.24) is 15.2 Å². The summed E-state index contributed by atoms with van der Waals surface area (Å²) >= 11 is 3.18. The Labute approximate surface area is 109 Å². The van der Waals surface area contributed by atoms with Crippen molar-refractivity contribution in [2.75, 3.05) is 5.32 Å². The van der Waals surface area contributed by atoms with Gasteiger partial charge in [-0.15, -0.1) is 0 Å². The largest absolute Gasteiger partial charge is 0.478 e. The molecule has 1 heterocycles. The molecule has 2 rings (SSSR count). The SMILES string of the molecule is O=C(O)c1ccc(NC(=O)c2ncn[nH]2)c(Br)c1. The van der Waals surface area contributed by atoms with E-state index in [2.05, 4.69) is 36.4 Å². The summed E-state index contributed by atoms with van der Waals surface area (Å²) in [7, 11) is 0. The fourth-order valence-corrected chi connectivity index (χ4v) is 1.72. The van der Waals surface area contributed by atoms with Crippen LogP contribution in [0.4, 0.5) is 5.69 Å². The van der Waals surface area contributed by atoms with Crippen LogP contribution in [0, 0.1) is 0 Å². The van der Waals surface area contributed by atoms with Crippen molar-refractivity contribution in [3.63, 3.8) is 0 Å². The molecule has 0 saturated heterocycles. The number of carbonyl (C=O) groups excluding carboxylic acids is 1. The first kappa shape index (κ1) is 12.2. The van der Waals surface area contributed by atoms with E-state index in [0.717, 1.165) is 0 Å². The number of nitrogens with one attached hydrogen (secondary N) is 2. The molecule has 0 atom stereocenters. The third-order valence-corrected chi connectivity index (χ3v) is 2.75. The first-order valence-electron chi connectivity index (χ1n) is 4.77. The van der Waals surface area contributed by atoms with Gasteiger partial charge in [0.05, 0.1) is 11.3 Å². The standard InChI is InChI=1S/C10H7BrN4O3/c11-6-3-5(10(17)18)1-2-7(6)14-9(16)8-12-4-13-15-8/h1-4H,(H,14,16)(H,17,18)(H,12,13,15). The number of anilines is 1. The van der Waals surface area contributed by atoms with Gasteiger partial charge in [-0.2, -0.15) is 5.10 Å². The predicted octanol–water partition coefficient (Wildman–Crippen LogP) is 1.52. The maximum Gasteiger partial charge on any atom is 0.335 e. The van der Waals surface area contributed by atoms with Gasteiger partial charge in [-0.1, -0.05) is 0 Å². The fraction of sp³-hybridized carbons (Fsp3) is 0. The Hall–Kier alpha value is -2.22. The summed E-state index contributed by atoms with van der Waals surface area (Å²) < 4.78 is 0.468. The number of aromatic carboxylic acids is 1. The van der Waals surface area contributed by atoms with Crippen LogP contribution in [0.15, 0.2) is 29.0 Å². The number of amides is 1. The number of halogens is 1. The molecule has 0 aliphatic carbocycles. The molecule has 8 heteroatoms. The van der Waals surface area contributed by atoms with Crippen LogP contribution >= 0.6 is 15.9 Å². The first-order chi connectivity index (χ1) is 8.58. The van der Waals surface area contributed by atoms with Gasteiger partial charge in [0.1, 0.15) is 6.33 Å². The lowest BCUT2D eigenvalue weighted by Crippen LogP contribution is -2.14. The number of benzene rings is 1. The summed E-state index contributed by atoms with van der Waals surface area (Å²) in [5, 5.41) is 17.3. The number of hydrogen-bond acceptors (Lipinski definition) is 4. The van der Waals surface area contributed by atoms with Crippen molar-refractivity contribution in [1.29, 1.82) is 0 Å². The number of H-pyrrole nitrogens is 1. The lowest BCUT2D eigenvalue weighted by atomic mass is 10.2. The molecule has 0 saturated carbocycles. The fourth-order valence-electron chi connectivity index (χ4n) is 1.25. The Morgan fingerprint density at radius 3 is 2.72 bits per heavy atom. The molecule has 0 fully saturated rings. The van der Waals surface area contributed by atoms with Gasteiger partial charge in [-0.05, 0) is 34.1 Å². The molecule has 0 aliphatic rings. The number of rotatable bonds is 3. The van der Waals surface area contributed by atoms with Gasteiger partial charge in [0.15, 0.2) is 0 Å². The van der Waals surface area contributed by atoms with Crippen LogP contribution in [0.1, 0.15) is 21.0 Å². The number of carboxylic acid groups (broad SMARTS) is 1. The van der Waals surface area contributed by atoms with Crippen LogP contribution in [0.3, 0.4) is 0 Å². The van der Waals surface area contributed by atoms with Crippen molar-refractivity contribution in [2.24, 2.45) is 0 Å². The Balaban J connectivity index is 2.20. The molecule has 2 aromatic rings. The molecule has 1 amide bonds. The van der Waals surface area contributed by atoms with E-state index in [0.29, 0.717) is 10.2 Å². The summed E-state index contributed by atoms with van der Waals surface area (Å²) in [6.45, 7) is 0. The van der Waals surface area contributed by atoms with Crippen molar-refractivity contribution in [2.45, 2.75) is 0 Å². The van der Waals surface area contributed by atoms with Crippen molar-refractivity contribution >= 4 is 33.5 Å². The normalized spacial score (nSPS) is 10.1. The monoisotopic (exact) mass is 310 g/mol. The van der Waals surface area contributed by atoms with E-state index in [1.54, 1.807) is 0 Å². The van der Waals surface area contributed by atoms with Crippen molar-refractivity contribution in [3.05, 3.63) is 40.4 Å². The number of aromatic nitrogens is 3. The van der Waals surface area contributed by atoms with Crippen molar-refractivity contribution < 1.29 is 14.7 Å². The second-order valence-corrected chi connectivity index (χ2v) is 4.14. The highest BCUT2D eigenvalue weighted by atomic mass is 79.9. The van der Waals surface area contributed by atoms with Gasteiger partial charge in [0.25, 0.3) is 5.91 Å². The zero-order chi connectivity index (χ0) is 13.1. The second-order valence-electron chi connectivity index (χ2n) is 3.29. The molecule has 18 heavy (non-hydrogen) atoms. The van der Waals surface area contributed by atoms with Crippen LogP contribution in [-0.4, -0.2) is 32.2 Å². The molecule has 7 nitrogen and oxygen atoms in total. The van der Waals surface area contributed by atoms with E-state index in [1.807, 2.05) is 0 Å². The minimum absolute atomic E-state index is 0.0733. The van der Waals surface area contributed by atoms with E-state index >= 15 is 0 Å². The van der Waals surface area contributed by atoms with E-state index in [4.69, 9.17) is 5.11 Å². The highest BCUT2D eigenvalue weighted by Gasteiger charge is 2.12. The number of carboxylic acids is 1. The Morgan fingerprint density at radius 1 is 1.39 bits per heavy atom. The van der Waals surface area contributed by atoms with E-state index < -0.39 is 11.9 Å². The van der Waals surface area contributed by atoms with E-state index in [-0.39, 0.29) is 11.4 Å². The Kier molecular flexibility index (Phi) is 3.38. The molecule has 1 aromatic heterocycles. The maximum atomic E-state index is 11.7. The quantitative estimate of drug-likeness (QED) is 0.796. The van der Waals surface area contributed by atoms with Crippen LogP contribution in [-0.2, 0) is 0 Å². The van der Waals surface area contributed by atoms with Gasteiger partial charge in [0.2, 0.25) is 5.82 Å². The smallest absolute Gasteiger partial charge is 0.335 e. The molecule has 0 spiro atoms. The van der Waals surface area contributed by atoms with Crippen LogP contribution in [0.2, 0.25) is 0 Å². The third kappa shape index (κ3) is 2.54. The molecule has 1 aromatic carbocycles. The van der Waals surface area contributed by atoms with Crippen molar-refractivity contribution in [3.8, 4) is 0 Å². The van der Waals surface area contributed by atoms with Gasteiger partial charge in [-0.25, -0.2) is 9.78 Å². The van der Waals surface area contributed by atoms with Crippen LogP contribution < -0.4 is 5.32 Å². The number of hydrogen-bond donors (Lipinski definition) is 3. The van der Waals surface area contributed by atoms with Gasteiger partial charge >= 0.3 is 5.97 Å². The number of carbonyl (C=O) groups is 2. The van der Waals surface area contributed by atoms with Gasteiger partial charge in [0, 0.05) is 4.47 Å². The summed E-state index contributed by atoms with van der Waals surface area (Å²) in [5.74, 6) is -1.43. The topological polar surface area (TPSA) is 108 Å². The predicted molar refractivity (Wildman–Crippen MR) is 65.4 cm³/mol. The minimum atomic E-state index is -1.04. The molecular weight excluding hydrogens is 304 g/mol. The Bertz CT molecular complexity index is 597. The van der Waals surface area contributed by atoms with Gasteiger partial charge in [-0.3, -0.25) is 9.89 Å². The average Bonchev–Trinajstić information content (AvgIpc) is 2.85. The zero-order valence-corrected chi connectivity index (χ0v) is 10.4. The average molecular weight is 311 g/mol. The molecule has 0 bridgehead atoms. The first-order valence-corrected chi connectivity index (χ1v) is 5.57. The highest BCUT2D eigenvalue weighted by Crippen LogP contribution is 2.24. The highest BCUT2D eigenvalue weighted by molar-refractivity contribution is 9.10. The van der Waals surface area contributed by atoms with E-state index in [1.165, 1.54) is 24.5 Å². The van der Waals surface area contributed by atoms with Gasteiger partial charge < -0.3 is 10.4 Å². The zero-order valence-electron chi connectivity index (χ0n) is 8.85. The molecule has 0 unspecified atom stereocenters. The summed E-state index contributed by atoms with van der Waals surface area (Å²) in [5.41, 5.74) is 0.570. The maximum absolute atomic E-state index is 11.7. The summed E-state index contributed by atoms with van der Waals surface area (Å²) in [4.78, 5) is 26.1. The Morgan fingerprint density at radius 2 is 2.17 bits per heavy atom. The molecule has 3 N–H and O–H groups in total. The molecule has 92 valence electrons. The van der Waals surface area contributed by atoms with E-state index in [9.17, 15) is 9.59 Å². The molecular formula is C10H7BrN4O3. The van der Waals surface area contributed by atoms with Crippen LogP contribution in [0.25, 0.3) is 0 Å². The molecule has 0 aliphatic heterocycles. The van der Waals surface area contributed by atoms with Crippen LogP contribution in [0.5, 0.6) is 0 Å². The number of aromatic amines is 1. The number of nitrogens with zero attached hydrogens (tertiary/aromatic N) is 2. The lowest BCUT2D eigenvalue weighted by Gasteiger charge is -2.06.